The number of nitrogens with zero attached hydrogens (tertiary/aromatic N) is 3. The van der Waals surface area contributed by atoms with Crippen molar-refractivity contribution in [3.63, 3.8) is 0 Å². The molecule has 0 unspecified atom stereocenters. The van der Waals surface area contributed by atoms with Crippen LogP contribution in [-0.2, 0) is 14.8 Å². The van der Waals surface area contributed by atoms with Gasteiger partial charge in [0.05, 0.1) is 30.0 Å². The second-order valence-electron chi connectivity index (χ2n) is 5.34. The number of hydrogen-bond donors (Lipinski definition) is 1. The van der Waals surface area contributed by atoms with Gasteiger partial charge in [-0.25, -0.2) is 8.42 Å². The molecule has 1 aromatic heterocycles. The molecule has 1 fully saturated rings. The molecule has 0 amide bonds. The van der Waals surface area contributed by atoms with Gasteiger partial charge < -0.3 is 4.74 Å². The first-order chi connectivity index (χ1) is 12.5. The third kappa shape index (κ3) is 4.07. The van der Waals surface area contributed by atoms with E-state index in [4.69, 9.17) is 4.74 Å². The summed E-state index contributed by atoms with van der Waals surface area (Å²) >= 11 is 1.48. The Morgan fingerprint density at radius 2 is 2.08 bits per heavy atom. The first-order valence-corrected chi connectivity index (χ1v) is 9.99. The van der Waals surface area contributed by atoms with Crippen LogP contribution in [0.5, 0.6) is 0 Å². The van der Waals surface area contributed by atoms with Gasteiger partial charge in [-0.05, 0) is 17.5 Å². The van der Waals surface area contributed by atoms with Gasteiger partial charge in [0.15, 0.2) is 0 Å². The van der Waals surface area contributed by atoms with E-state index in [1.165, 1.54) is 27.8 Å². The van der Waals surface area contributed by atoms with Gasteiger partial charge in [-0.1, -0.05) is 6.07 Å². The molecule has 138 valence electrons. The fourth-order valence-electron chi connectivity index (χ4n) is 2.39. The van der Waals surface area contributed by atoms with Gasteiger partial charge in [0.1, 0.15) is 4.90 Å². The molecule has 26 heavy (non-hydrogen) atoms. The Bertz CT molecular complexity index is 906. The van der Waals surface area contributed by atoms with Crippen molar-refractivity contribution < 1.29 is 18.1 Å². The van der Waals surface area contributed by atoms with Gasteiger partial charge in [-0.15, -0.1) is 11.3 Å². The minimum Gasteiger partial charge on any atom is -0.379 e. The highest BCUT2D eigenvalue weighted by Crippen LogP contribution is 2.29. The molecule has 1 aliphatic rings. The number of benzene rings is 1. The average molecular weight is 396 g/mol. The zero-order chi connectivity index (χ0) is 18.6. The van der Waals surface area contributed by atoms with Crippen molar-refractivity contribution in [1.82, 2.24) is 4.31 Å². The van der Waals surface area contributed by atoms with E-state index >= 15 is 0 Å². The average Bonchev–Trinajstić information content (AvgIpc) is 3.16. The number of sulfonamides is 1. The number of hydrogen-bond acceptors (Lipinski definition) is 8. The maximum absolute atomic E-state index is 12.9. The van der Waals surface area contributed by atoms with Crippen LogP contribution in [-0.4, -0.2) is 50.2 Å². The van der Waals surface area contributed by atoms with E-state index in [2.05, 4.69) is 10.5 Å². The Morgan fingerprint density at radius 3 is 2.73 bits per heavy atom. The molecular weight excluding hydrogens is 380 g/mol. The Labute approximate surface area is 154 Å². The van der Waals surface area contributed by atoms with Gasteiger partial charge in [0.2, 0.25) is 10.0 Å². The van der Waals surface area contributed by atoms with Crippen LogP contribution in [0.25, 0.3) is 0 Å². The summed E-state index contributed by atoms with van der Waals surface area (Å²) in [5.74, 6) is 0. The van der Waals surface area contributed by atoms with Crippen molar-refractivity contribution in [2.24, 2.45) is 5.10 Å². The third-order valence-corrected chi connectivity index (χ3v) is 6.43. The fraction of sp³-hybridized carbons (Fsp3) is 0.267. The number of nitro benzene ring substituents is 1. The van der Waals surface area contributed by atoms with Crippen LogP contribution >= 0.6 is 11.3 Å². The summed E-state index contributed by atoms with van der Waals surface area (Å²) in [6.45, 7) is 0.965. The highest BCUT2D eigenvalue weighted by atomic mass is 32.2. The van der Waals surface area contributed by atoms with Gasteiger partial charge in [0, 0.05) is 30.1 Å². The van der Waals surface area contributed by atoms with Crippen LogP contribution in [0.2, 0.25) is 0 Å². The molecule has 11 heteroatoms. The van der Waals surface area contributed by atoms with Gasteiger partial charge >= 0.3 is 0 Å². The number of ether oxygens (including phenoxy) is 1. The highest BCUT2D eigenvalue weighted by molar-refractivity contribution is 7.89. The maximum Gasteiger partial charge on any atom is 0.270 e. The van der Waals surface area contributed by atoms with Gasteiger partial charge in [-0.3, -0.25) is 15.5 Å². The Kier molecular flexibility index (Phi) is 5.61. The smallest absolute Gasteiger partial charge is 0.270 e. The van der Waals surface area contributed by atoms with Crippen molar-refractivity contribution in [3.05, 3.63) is 50.7 Å². The monoisotopic (exact) mass is 396 g/mol. The molecule has 9 nitrogen and oxygen atoms in total. The number of morpholine rings is 1. The van der Waals surface area contributed by atoms with Crippen LogP contribution in [0.1, 0.15) is 4.88 Å². The van der Waals surface area contributed by atoms with E-state index in [0.717, 1.165) is 10.9 Å². The molecule has 1 aromatic carbocycles. The van der Waals surface area contributed by atoms with Crippen LogP contribution in [0.4, 0.5) is 11.4 Å². The number of thiophene rings is 1. The van der Waals surface area contributed by atoms with Crippen molar-refractivity contribution in [3.8, 4) is 0 Å². The molecule has 0 saturated carbocycles. The molecule has 0 radical (unpaired) electrons. The van der Waals surface area contributed by atoms with Crippen molar-refractivity contribution in [2.45, 2.75) is 4.90 Å². The predicted molar refractivity (Wildman–Crippen MR) is 98.2 cm³/mol. The quantitative estimate of drug-likeness (QED) is 0.454. The molecule has 0 spiro atoms. The fourth-order valence-corrected chi connectivity index (χ4v) is 4.54. The lowest BCUT2D eigenvalue weighted by atomic mass is 10.3. The molecule has 2 aromatic rings. The molecule has 3 rings (SSSR count). The molecule has 0 bridgehead atoms. The number of nitrogens with one attached hydrogen (secondary N) is 1. The lowest BCUT2D eigenvalue weighted by molar-refractivity contribution is -0.385. The number of hydrazone groups is 1. The van der Waals surface area contributed by atoms with Gasteiger partial charge in [0.25, 0.3) is 5.69 Å². The second kappa shape index (κ2) is 7.91. The molecule has 1 saturated heterocycles. The molecule has 0 aliphatic carbocycles. The van der Waals surface area contributed by atoms with Crippen molar-refractivity contribution >= 4 is 38.9 Å². The molecule has 0 atom stereocenters. The second-order valence-corrected chi connectivity index (χ2v) is 8.23. The van der Waals surface area contributed by atoms with E-state index in [9.17, 15) is 18.5 Å². The minimum absolute atomic E-state index is 0.176. The Hall–Kier alpha value is -2.34. The summed E-state index contributed by atoms with van der Waals surface area (Å²) in [6.07, 6.45) is 1.55. The van der Waals surface area contributed by atoms with E-state index in [-0.39, 0.29) is 42.6 Å². The summed E-state index contributed by atoms with van der Waals surface area (Å²) in [5.41, 5.74) is 2.55. The highest BCUT2D eigenvalue weighted by Gasteiger charge is 2.30. The van der Waals surface area contributed by atoms with Gasteiger partial charge in [-0.2, -0.15) is 9.41 Å². The van der Waals surface area contributed by atoms with E-state index in [1.807, 2.05) is 17.5 Å². The Balaban J connectivity index is 1.94. The summed E-state index contributed by atoms with van der Waals surface area (Å²) in [7, 11) is -3.92. The maximum atomic E-state index is 12.9. The van der Waals surface area contributed by atoms with Crippen LogP contribution < -0.4 is 5.43 Å². The summed E-state index contributed by atoms with van der Waals surface area (Å²) in [5, 5.41) is 17.0. The van der Waals surface area contributed by atoms with Crippen molar-refractivity contribution in [2.75, 3.05) is 31.7 Å². The zero-order valence-electron chi connectivity index (χ0n) is 13.6. The summed E-state index contributed by atoms with van der Waals surface area (Å²) in [4.78, 5) is 11.1. The lowest BCUT2D eigenvalue weighted by Crippen LogP contribution is -2.40. The third-order valence-electron chi connectivity index (χ3n) is 3.68. The number of non-ortho nitro benzene ring substituents is 1. The normalized spacial score (nSPS) is 16.0. The zero-order valence-corrected chi connectivity index (χ0v) is 15.2. The largest absolute Gasteiger partial charge is 0.379 e. The summed E-state index contributed by atoms with van der Waals surface area (Å²) < 4.78 is 32.3. The standard InChI is InChI=1S/C15H16N4O5S2/c20-19(21)12-3-4-14(17-16-11-13-2-1-9-25-13)15(10-12)26(22,23)18-5-7-24-8-6-18/h1-4,9-11,17H,5-8H2. The number of nitro groups is 1. The Morgan fingerprint density at radius 1 is 1.31 bits per heavy atom. The minimum atomic E-state index is -3.92. The first-order valence-electron chi connectivity index (χ1n) is 7.67. The first kappa shape index (κ1) is 18.5. The van der Waals surface area contributed by atoms with E-state index in [0.29, 0.717) is 0 Å². The van der Waals surface area contributed by atoms with Crippen LogP contribution in [0.3, 0.4) is 0 Å². The topological polar surface area (TPSA) is 114 Å². The van der Waals surface area contributed by atoms with Crippen molar-refractivity contribution in [1.29, 1.82) is 0 Å². The molecule has 1 N–H and O–H groups in total. The van der Waals surface area contributed by atoms with Crippen LogP contribution in [0, 0.1) is 10.1 Å². The number of anilines is 1. The molecule has 2 heterocycles. The SMILES string of the molecule is O=[N+]([O-])c1ccc(NN=Cc2cccs2)c(S(=O)(=O)N2CCOCC2)c1. The predicted octanol–water partition coefficient (Wildman–Crippen LogP) is 2.12. The molecule has 1 aliphatic heterocycles. The molecular formula is C15H16N4O5S2. The number of rotatable bonds is 6. The summed E-state index contributed by atoms with van der Waals surface area (Å²) in [6, 6.07) is 7.36. The lowest BCUT2D eigenvalue weighted by Gasteiger charge is -2.26. The van der Waals surface area contributed by atoms with E-state index < -0.39 is 14.9 Å². The van der Waals surface area contributed by atoms with Crippen LogP contribution in [0.15, 0.2) is 45.7 Å². The van der Waals surface area contributed by atoms with E-state index in [1.54, 1.807) is 6.21 Å².